The number of nitrogens with zero attached hydrogens (tertiary/aromatic N) is 4. The van der Waals surface area contributed by atoms with Crippen LogP contribution in [0.2, 0.25) is 0 Å². The van der Waals surface area contributed by atoms with Crippen LogP contribution in [0.1, 0.15) is 26.5 Å². The molecule has 0 bridgehead atoms. The van der Waals surface area contributed by atoms with E-state index in [0.717, 1.165) is 32.0 Å². The van der Waals surface area contributed by atoms with Crippen LogP contribution in [0.3, 0.4) is 0 Å². The Morgan fingerprint density at radius 3 is 2.88 bits per heavy atom. The van der Waals surface area contributed by atoms with E-state index in [1.807, 2.05) is 17.8 Å². The van der Waals surface area contributed by atoms with Gasteiger partial charge >= 0.3 is 0 Å². The van der Waals surface area contributed by atoms with Crippen molar-refractivity contribution in [1.82, 2.24) is 19.9 Å². The highest BCUT2D eigenvalue weighted by atomic mass is 16.5. The number of hydrogen-bond acceptors (Lipinski definition) is 4. The van der Waals surface area contributed by atoms with Gasteiger partial charge < -0.3 is 4.74 Å². The van der Waals surface area contributed by atoms with Crippen molar-refractivity contribution in [3.8, 4) is 0 Å². The van der Waals surface area contributed by atoms with Gasteiger partial charge in [-0.15, -0.1) is 5.10 Å². The number of ether oxygens (including phenoxy) is 1. The fourth-order valence-corrected chi connectivity index (χ4v) is 1.24. The van der Waals surface area contributed by atoms with Crippen LogP contribution in [0.4, 0.5) is 0 Å². The number of rotatable bonds is 7. The zero-order valence-corrected chi connectivity index (χ0v) is 10.7. The van der Waals surface area contributed by atoms with Gasteiger partial charge in [0.25, 0.3) is 0 Å². The minimum atomic E-state index is 0.510. The first-order valence-corrected chi connectivity index (χ1v) is 5.80. The zero-order chi connectivity index (χ0) is 12.0. The van der Waals surface area contributed by atoms with Crippen molar-refractivity contribution >= 4 is 0 Å². The van der Waals surface area contributed by atoms with Crippen LogP contribution < -0.4 is 0 Å². The van der Waals surface area contributed by atoms with Gasteiger partial charge in [0.15, 0.2) is 0 Å². The SMILES string of the molecule is CCOCCc1cn(CN(C)C(C)C)nn1. The quantitative estimate of drug-likeness (QED) is 0.654. The molecule has 1 aromatic heterocycles. The zero-order valence-electron chi connectivity index (χ0n) is 10.7. The Morgan fingerprint density at radius 1 is 1.50 bits per heavy atom. The molecule has 5 heteroatoms. The second-order valence-corrected chi connectivity index (χ2v) is 4.19. The maximum Gasteiger partial charge on any atom is 0.0946 e. The topological polar surface area (TPSA) is 43.2 Å². The van der Waals surface area contributed by atoms with E-state index >= 15 is 0 Å². The summed E-state index contributed by atoms with van der Waals surface area (Å²) in [6.07, 6.45) is 2.82. The molecule has 1 aromatic rings. The highest BCUT2D eigenvalue weighted by Gasteiger charge is 2.06. The van der Waals surface area contributed by atoms with Gasteiger partial charge in [-0.1, -0.05) is 5.21 Å². The van der Waals surface area contributed by atoms with E-state index in [-0.39, 0.29) is 0 Å². The second-order valence-electron chi connectivity index (χ2n) is 4.19. The predicted octanol–water partition coefficient (Wildman–Crippen LogP) is 1.15. The Hall–Kier alpha value is -0.940. The van der Waals surface area contributed by atoms with Crippen LogP contribution in [0, 0.1) is 0 Å². The molecule has 0 N–H and O–H groups in total. The molecule has 0 fully saturated rings. The lowest BCUT2D eigenvalue weighted by molar-refractivity contribution is 0.150. The third kappa shape index (κ3) is 4.28. The third-order valence-corrected chi connectivity index (χ3v) is 2.54. The molecule has 0 atom stereocenters. The van der Waals surface area contributed by atoms with Crippen LogP contribution in [0.15, 0.2) is 6.20 Å². The van der Waals surface area contributed by atoms with Crippen molar-refractivity contribution in [3.63, 3.8) is 0 Å². The summed E-state index contributed by atoms with van der Waals surface area (Å²) in [5.74, 6) is 0. The van der Waals surface area contributed by atoms with E-state index in [9.17, 15) is 0 Å². The summed E-state index contributed by atoms with van der Waals surface area (Å²) in [6.45, 7) is 8.56. The molecule has 0 saturated heterocycles. The maximum absolute atomic E-state index is 5.28. The summed E-state index contributed by atoms with van der Waals surface area (Å²) in [6, 6.07) is 0.510. The van der Waals surface area contributed by atoms with Gasteiger partial charge in [0, 0.05) is 19.1 Å². The molecule has 0 unspecified atom stereocenters. The summed E-state index contributed by atoms with van der Waals surface area (Å²) in [7, 11) is 2.08. The normalized spacial score (nSPS) is 11.6. The van der Waals surface area contributed by atoms with E-state index in [1.165, 1.54) is 0 Å². The fourth-order valence-electron chi connectivity index (χ4n) is 1.24. The van der Waals surface area contributed by atoms with E-state index < -0.39 is 0 Å². The van der Waals surface area contributed by atoms with Crippen molar-refractivity contribution in [2.24, 2.45) is 0 Å². The molecule has 16 heavy (non-hydrogen) atoms. The van der Waals surface area contributed by atoms with Crippen molar-refractivity contribution in [2.45, 2.75) is 39.9 Å². The number of aromatic nitrogens is 3. The van der Waals surface area contributed by atoms with Crippen LogP contribution in [-0.2, 0) is 17.8 Å². The summed E-state index contributed by atoms with van der Waals surface area (Å²) < 4.78 is 7.14. The minimum Gasteiger partial charge on any atom is -0.381 e. The van der Waals surface area contributed by atoms with E-state index in [2.05, 4.69) is 36.1 Å². The molecule has 0 aliphatic heterocycles. The van der Waals surface area contributed by atoms with E-state index in [4.69, 9.17) is 4.74 Å². The summed E-state index contributed by atoms with van der Waals surface area (Å²) in [5.41, 5.74) is 0.991. The molecule has 0 saturated carbocycles. The van der Waals surface area contributed by atoms with Crippen molar-refractivity contribution in [1.29, 1.82) is 0 Å². The van der Waals surface area contributed by atoms with Crippen LogP contribution in [-0.4, -0.2) is 46.2 Å². The maximum atomic E-state index is 5.28. The average Bonchev–Trinajstić information content (AvgIpc) is 2.66. The molecular formula is C11H22N4O. The Balaban J connectivity index is 2.39. The van der Waals surface area contributed by atoms with Gasteiger partial charge in [0.05, 0.1) is 25.2 Å². The minimum absolute atomic E-state index is 0.510. The predicted molar refractivity (Wildman–Crippen MR) is 63.1 cm³/mol. The molecule has 0 aromatic carbocycles. The fraction of sp³-hybridized carbons (Fsp3) is 0.818. The van der Waals surface area contributed by atoms with Crippen LogP contribution in [0.5, 0.6) is 0 Å². The molecule has 1 rings (SSSR count). The van der Waals surface area contributed by atoms with Gasteiger partial charge in [0.1, 0.15) is 0 Å². The van der Waals surface area contributed by atoms with Gasteiger partial charge in [-0.05, 0) is 27.8 Å². The molecule has 0 radical (unpaired) electrons. The van der Waals surface area contributed by atoms with Crippen molar-refractivity contribution in [2.75, 3.05) is 20.3 Å². The monoisotopic (exact) mass is 226 g/mol. The standard InChI is InChI=1S/C11H22N4O/c1-5-16-7-6-11-8-15(13-12-11)9-14(4)10(2)3/h8,10H,5-7,9H2,1-4H3. The van der Waals surface area contributed by atoms with E-state index in [0.29, 0.717) is 6.04 Å². The average molecular weight is 226 g/mol. The Morgan fingerprint density at radius 2 is 2.25 bits per heavy atom. The second kappa shape index (κ2) is 6.60. The molecule has 5 nitrogen and oxygen atoms in total. The molecule has 0 aliphatic carbocycles. The molecule has 0 amide bonds. The van der Waals surface area contributed by atoms with Gasteiger partial charge in [-0.2, -0.15) is 0 Å². The van der Waals surface area contributed by atoms with Crippen LogP contribution >= 0.6 is 0 Å². The lowest BCUT2D eigenvalue weighted by atomic mass is 10.3. The Bertz CT molecular complexity index is 298. The first-order valence-electron chi connectivity index (χ1n) is 5.80. The Kier molecular flexibility index (Phi) is 5.42. The first kappa shape index (κ1) is 13.1. The highest BCUT2D eigenvalue weighted by molar-refractivity contribution is 4.92. The summed E-state index contributed by atoms with van der Waals surface area (Å²) in [5, 5.41) is 8.19. The van der Waals surface area contributed by atoms with Crippen LogP contribution in [0.25, 0.3) is 0 Å². The largest absolute Gasteiger partial charge is 0.381 e. The van der Waals surface area contributed by atoms with Crippen molar-refractivity contribution in [3.05, 3.63) is 11.9 Å². The molecule has 92 valence electrons. The van der Waals surface area contributed by atoms with Gasteiger partial charge in [-0.25, -0.2) is 4.68 Å². The third-order valence-electron chi connectivity index (χ3n) is 2.54. The van der Waals surface area contributed by atoms with Gasteiger partial charge in [-0.3, -0.25) is 4.90 Å². The molecule has 0 spiro atoms. The lowest BCUT2D eigenvalue weighted by Crippen LogP contribution is -2.28. The highest BCUT2D eigenvalue weighted by Crippen LogP contribution is 1.99. The molecule has 0 aliphatic rings. The smallest absolute Gasteiger partial charge is 0.0946 e. The molecule has 1 heterocycles. The van der Waals surface area contributed by atoms with Gasteiger partial charge in [0.2, 0.25) is 0 Å². The summed E-state index contributed by atoms with van der Waals surface area (Å²) in [4.78, 5) is 2.21. The summed E-state index contributed by atoms with van der Waals surface area (Å²) >= 11 is 0. The number of hydrogen-bond donors (Lipinski definition) is 0. The van der Waals surface area contributed by atoms with E-state index in [1.54, 1.807) is 0 Å². The lowest BCUT2D eigenvalue weighted by Gasteiger charge is -2.19. The van der Waals surface area contributed by atoms with Crippen molar-refractivity contribution < 1.29 is 4.74 Å². The Labute approximate surface area is 97.4 Å². The molecular weight excluding hydrogens is 204 g/mol. The first-order chi connectivity index (χ1) is 7.63.